The van der Waals surface area contributed by atoms with Crippen molar-refractivity contribution in [3.05, 3.63) is 29.8 Å². The maximum absolute atomic E-state index is 12.4. The van der Waals surface area contributed by atoms with Crippen LogP contribution in [0.15, 0.2) is 24.3 Å². The van der Waals surface area contributed by atoms with Gasteiger partial charge >= 0.3 is 0 Å². The van der Waals surface area contributed by atoms with Crippen LogP contribution in [-0.4, -0.2) is 31.3 Å². The van der Waals surface area contributed by atoms with Crippen LogP contribution >= 0.6 is 0 Å². The van der Waals surface area contributed by atoms with Crippen LogP contribution in [0.4, 0.5) is 0 Å². The van der Waals surface area contributed by atoms with Gasteiger partial charge in [-0.3, -0.25) is 4.79 Å². The number of amides is 1. The van der Waals surface area contributed by atoms with Crippen LogP contribution in [-0.2, 0) is 4.74 Å². The van der Waals surface area contributed by atoms with E-state index in [1.165, 1.54) is 12.8 Å². The molecule has 4 nitrogen and oxygen atoms in total. The first-order chi connectivity index (χ1) is 10.8. The molecule has 1 aromatic carbocycles. The number of rotatable bonds is 6. The Labute approximate surface area is 132 Å². The molecule has 1 amide bonds. The Morgan fingerprint density at radius 3 is 2.77 bits per heavy atom. The van der Waals surface area contributed by atoms with Gasteiger partial charge in [0, 0.05) is 19.1 Å². The standard InChI is InChI=1S/C18H25NO3/c20-18(19-14-6-1-2-7-14)16-9-3-4-10-17(16)22-13-11-15-8-5-12-21-15/h3-4,9-10,14-15H,1-2,5-8,11-13H2,(H,19,20). The van der Waals surface area contributed by atoms with Crippen LogP contribution in [0.1, 0.15) is 55.3 Å². The highest BCUT2D eigenvalue weighted by molar-refractivity contribution is 5.97. The fraction of sp³-hybridized carbons (Fsp3) is 0.611. The first kappa shape index (κ1) is 15.3. The van der Waals surface area contributed by atoms with Crippen molar-refractivity contribution >= 4 is 5.91 Å². The Morgan fingerprint density at radius 1 is 1.18 bits per heavy atom. The number of para-hydroxylation sites is 1. The Hall–Kier alpha value is -1.55. The SMILES string of the molecule is O=C(NC1CCCC1)c1ccccc1OCCC1CCCO1. The van der Waals surface area contributed by atoms with Gasteiger partial charge in [0.15, 0.2) is 0 Å². The molecule has 1 saturated heterocycles. The molecule has 1 saturated carbocycles. The predicted molar refractivity (Wildman–Crippen MR) is 85.3 cm³/mol. The zero-order valence-corrected chi connectivity index (χ0v) is 13.1. The number of carbonyl (C=O) groups excluding carboxylic acids is 1. The highest BCUT2D eigenvalue weighted by atomic mass is 16.5. The summed E-state index contributed by atoms with van der Waals surface area (Å²) in [6.45, 7) is 1.46. The average molecular weight is 303 g/mol. The molecule has 1 aliphatic carbocycles. The summed E-state index contributed by atoms with van der Waals surface area (Å²) in [5.41, 5.74) is 0.641. The molecule has 120 valence electrons. The largest absolute Gasteiger partial charge is 0.493 e. The van der Waals surface area contributed by atoms with Crippen LogP contribution in [0.2, 0.25) is 0 Å². The molecule has 0 bridgehead atoms. The van der Waals surface area contributed by atoms with Gasteiger partial charge in [0.1, 0.15) is 5.75 Å². The summed E-state index contributed by atoms with van der Waals surface area (Å²) in [5.74, 6) is 0.663. The molecule has 1 N–H and O–H groups in total. The summed E-state index contributed by atoms with van der Waals surface area (Å²) in [7, 11) is 0. The Balaban J connectivity index is 1.55. The van der Waals surface area contributed by atoms with Gasteiger partial charge in [-0.25, -0.2) is 0 Å². The van der Waals surface area contributed by atoms with E-state index >= 15 is 0 Å². The highest BCUT2D eigenvalue weighted by Crippen LogP contribution is 2.22. The quantitative estimate of drug-likeness (QED) is 0.877. The molecule has 0 spiro atoms. The summed E-state index contributed by atoms with van der Waals surface area (Å²) in [5, 5.41) is 3.12. The normalized spacial score (nSPS) is 21.9. The van der Waals surface area contributed by atoms with Crippen molar-refractivity contribution in [3.63, 3.8) is 0 Å². The molecule has 0 aromatic heterocycles. The van der Waals surface area contributed by atoms with Crippen molar-refractivity contribution in [3.8, 4) is 5.75 Å². The Morgan fingerprint density at radius 2 is 2.00 bits per heavy atom. The van der Waals surface area contributed by atoms with Crippen molar-refractivity contribution in [1.29, 1.82) is 0 Å². The second-order valence-corrected chi connectivity index (χ2v) is 6.22. The van der Waals surface area contributed by atoms with Gasteiger partial charge < -0.3 is 14.8 Å². The molecule has 0 radical (unpaired) electrons. The molecule has 22 heavy (non-hydrogen) atoms. The monoisotopic (exact) mass is 303 g/mol. The lowest BCUT2D eigenvalue weighted by molar-refractivity contribution is 0.0888. The van der Waals surface area contributed by atoms with E-state index in [9.17, 15) is 4.79 Å². The molecular weight excluding hydrogens is 278 g/mol. The van der Waals surface area contributed by atoms with E-state index in [0.717, 1.165) is 38.7 Å². The number of hydrogen-bond donors (Lipinski definition) is 1. The summed E-state index contributed by atoms with van der Waals surface area (Å²) in [6, 6.07) is 7.84. The van der Waals surface area contributed by atoms with E-state index in [-0.39, 0.29) is 5.91 Å². The lowest BCUT2D eigenvalue weighted by Gasteiger charge is -2.16. The Kier molecular flexibility index (Phi) is 5.33. The second-order valence-electron chi connectivity index (χ2n) is 6.22. The minimum atomic E-state index is -0.0142. The van der Waals surface area contributed by atoms with E-state index in [0.29, 0.717) is 30.1 Å². The smallest absolute Gasteiger partial charge is 0.255 e. The first-order valence-corrected chi connectivity index (χ1v) is 8.47. The minimum absolute atomic E-state index is 0.0142. The van der Waals surface area contributed by atoms with E-state index in [2.05, 4.69) is 5.32 Å². The lowest BCUT2D eigenvalue weighted by atomic mass is 10.1. The first-order valence-electron chi connectivity index (χ1n) is 8.47. The van der Waals surface area contributed by atoms with Crippen LogP contribution < -0.4 is 10.1 Å². The molecule has 1 heterocycles. The topological polar surface area (TPSA) is 47.6 Å². The molecule has 2 aliphatic rings. The van der Waals surface area contributed by atoms with Crippen LogP contribution in [0.5, 0.6) is 5.75 Å². The van der Waals surface area contributed by atoms with E-state index < -0.39 is 0 Å². The van der Waals surface area contributed by atoms with Crippen LogP contribution in [0, 0.1) is 0 Å². The fourth-order valence-electron chi connectivity index (χ4n) is 3.29. The van der Waals surface area contributed by atoms with Crippen molar-refractivity contribution < 1.29 is 14.3 Å². The van der Waals surface area contributed by atoms with Gasteiger partial charge in [-0.15, -0.1) is 0 Å². The van der Waals surface area contributed by atoms with Gasteiger partial charge in [0.2, 0.25) is 0 Å². The van der Waals surface area contributed by atoms with Gasteiger partial charge in [0.25, 0.3) is 5.91 Å². The van der Waals surface area contributed by atoms with Crippen molar-refractivity contribution in [2.24, 2.45) is 0 Å². The fourth-order valence-corrected chi connectivity index (χ4v) is 3.29. The van der Waals surface area contributed by atoms with Crippen molar-refractivity contribution in [1.82, 2.24) is 5.32 Å². The third kappa shape index (κ3) is 4.01. The average Bonchev–Trinajstić information content (AvgIpc) is 3.21. The van der Waals surface area contributed by atoms with Gasteiger partial charge in [-0.05, 0) is 37.8 Å². The van der Waals surface area contributed by atoms with Gasteiger partial charge in [-0.1, -0.05) is 25.0 Å². The number of benzene rings is 1. The molecule has 1 unspecified atom stereocenters. The number of carbonyl (C=O) groups is 1. The molecule has 3 rings (SSSR count). The number of hydrogen-bond acceptors (Lipinski definition) is 3. The van der Waals surface area contributed by atoms with Crippen LogP contribution in [0.3, 0.4) is 0 Å². The molecule has 1 aliphatic heterocycles. The van der Waals surface area contributed by atoms with E-state index in [1.807, 2.05) is 24.3 Å². The number of nitrogens with one attached hydrogen (secondary N) is 1. The van der Waals surface area contributed by atoms with Crippen LogP contribution in [0.25, 0.3) is 0 Å². The third-order valence-corrected chi connectivity index (χ3v) is 4.54. The maximum atomic E-state index is 12.4. The molecular formula is C18H25NO3. The molecule has 2 fully saturated rings. The van der Waals surface area contributed by atoms with Gasteiger partial charge in [-0.2, -0.15) is 0 Å². The summed E-state index contributed by atoms with van der Waals surface area (Å²) in [6.07, 6.45) is 8.08. The molecule has 1 atom stereocenters. The summed E-state index contributed by atoms with van der Waals surface area (Å²) < 4.78 is 11.4. The second kappa shape index (κ2) is 7.63. The van der Waals surface area contributed by atoms with E-state index in [1.54, 1.807) is 0 Å². The summed E-state index contributed by atoms with van der Waals surface area (Å²) >= 11 is 0. The maximum Gasteiger partial charge on any atom is 0.255 e. The Bertz CT molecular complexity index is 491. The zero-order valence-electron chi connectivity index (χ0n) is 13.1. The highest BCUT2D eigenvalue weighted by Gasteiger charge is 2.20. The predicted octanol–water partition coefficient (Wildman–Crippen LogP) is 3.31. The molecule has 4 heteroatoms. The van der Waals surface area contributed by atoms with Crippen molar-refractivity contribution in [2.45, 2.75) is 57.1 Å². The van der Waals surface area contributed by atoms with E-state index in [4.69, 9.17) is 9.47 Å². The molecule has 1 aromatic rings. The van der Waals surface area contributed by atoms with Crippen molar-refractivity contribution in [2.75, 3.05) is 13.2 Å². The lowest BCUT2D eigenvalue weighted by Crippen LogP contribution is -2.32. The minimum Gasteiger partial charge on any atom is -0.493 e. The zero-order chi connectivity index (χ0) is 15.2. The number of ether oxygens (including phenoxy) is 2. The van der Waals surface area contributed by atoms with Gasteiger partial charge in [0.05, 0.1) is 18.3 Å². The summed E-state index contributed by atoms with van der Waals surface area (Å²) in [4.78, 5) is 12.4. The third-order valence-electron chi connectivity index (χ3n) is 4.54.